The fraction of sp³-hybridized carbons (Fsp3) is 0.385. The fourth-order valence-electron chi connectivity index (χ4n) is 1.86. The largest absolute Gasteiger partial charge is 0.481 e. The summed E-state index contributed by atoms with van der Waals surface area (Å²) in [5.74, 6) is -0.772. The van der Waals surface area contributed by atoms with Gasteiger partial charge in [-0.2, -0.15) is 0 Å². The van der Waals surface area contributed by atoms with Gasteiger partial charge in [0.2, 0.25) is 0 Å². The number of carboxylic acids is 1. The molecule has 1 aromatic carbocycles. The molecule has 0 saturated heterocycles. The van der Waals surface area contributed by atoms with E-state index in [0.717, 1.165) is 16.7 Å². The minimum Gasteiger partial charge on any atom is -0.481 e. The molecule has 0 saturated carbocycles. The standard InChI is InChI=1S/C13H17N3O2/c1-13(2,6-12(17)18)7-14-9-3-4-10-11(5-9)16-8-15-10/h3-5,8,14H,6-7H2,1-2H3,(H,15,16)(H,17,18). The molecule has 0 bridgehead atoms. The highest BCUT2D eigenvalue weighted by molar-refractivity contribution is 5.78. The third kappa shape index (κ3) is 3.00. The number of hydrogen-bond donors (Lipinski definition) is 3. The van der Waals surface area contributed by atoms with Gasteiger partial charge in [0.15, 0.2) is 0 Å². The van der Waals surface area contributed by atoms with Gasteiger partial charge in [0, 0.05) is 12.2 Å². The molecule has 0 fully saturated rings. The van der Waals surface area contributed by atoms with E-state index in [1.165, 1.54) is 0 Å². The number of carboxylic acid groups (broad SMARTS) is 1. The molecule has 0 radical (unpaired) electrons. The number of anilines is 1. The van der Waals surface area contributed by atoms with E-state index < -0.39 is 5.97 Å². The highest BCUT2D eigenvalue weighted by Crippen LogP contribution is 2.22. The van der Waals surface area contributed by atoms with Crippen LogP contribution >= 0.6 is 0 Å². The number of H-pyrrole nitrogens is 1. The average Bonchev–Trinajstić information content (AvgIpc) is 2.71. The summed E-state index contributed by atoms with van der Waals surface area (Å²) in [5, 5.41) is 12.1. The number of carbonyl (C=O) groups is 1. The number of nitrogens with zero attached hydrogens (tertiary/aromatic N) is 1. The lowest BCUT2D eigenvalue weighted by atomic mass is 9.89. The maximum atomic E-state index is 10.7. The molecule has 1 aromatic heterocycles. The van der Waals surface area contributed by atoms with E-state index in [4.69, 9.17) is 5.11 Å². The first-order valence-electron chi connectivity index (χ1n) is 5.85. The van der Waals surface area contributed by atoms with Crippen molar-refractivity contribution in [2.75, 3.05) is 11.9 Å². The molecule has 0 unspecified atom stereocenters. The maximum Gasteiger partial charge on any atom is 0.303 e. The van der Waals surface area contributed by atoms with Crippen LogP contribution in [0, 0.1) is 5.41 Å². The Morgan fingerprint density at radius 3 is 3.00 bits per heavy atom. The summed E-state index contributed by atoms with van der Waals surface area (Å²) in [7, 11) is 0. The van der Waals surface area contributed by atoms with Crippen molar-refractivity contribution in [2.45, 2.75) is 20.3 Å². The van der Waals surface area contributed by atoms with Gasteiger partial charge in [0.05, 0.1) is 23.8 Å². The van der Waals surface area contributed by atoms with Crippen molar-refractivity contribution >= 4 is 22.7 Å². The van der Waals surface area contributed by atoms with Crippen molar-refractivity contribution in [3.8, 4) is 0 Å². The summed E-state index contributed by atoms with van der Waals surface area (Å²) < 4.78 is 0. The molecular weight excluding hydrogens is 230 g/mol. The van der Waals surface area contributed by atoms with Crippen LogP contribution < -0.4 is 5.32 Å². The SMILES string of the molecule is CC(C)(CNc1ccc2nc[nH]c2c1)CC(=O)O. The van der Waals surface area contributed by atoms with Crippen molar-refractivity contribution < 1.29 is 9.90 Å². The molecule has 2 aromatic rings. The molecule has 5 heteroatoms. The molecule has 0 aliphatic rings. The Morgan fingerprint density at radius 1 is 1.50 bits per heavy atom. The Kier molecular flexibility index (Phi) is 3.23. The average molecular weight is 247 g/mol. The first kappa shape index (κ1) is 12.4. The van der Waals surface area contributed by atoms with Gasteiger partial charge in [-0.1, -0.05) is 13.8 Å². The minimum atomic E-state index is -0.772. The summed E-state index contributed by atoms with van der Waals surface area (Å²) >= 11 is 0. The molecule has 0 aliphatic heterocycles. The monoisotopic (exact) mass is 247 g/mol. The predicted octanol–water partition coefficient (Wildman–Crippen LogP) is 2.48. The molecule has 0 amide bonds. The molecule has 1 heterocycles. The second-order valence-corrected chi connectivity index (χ2v) is 5.22. The first-order valence-corrected chi connectivity index (χ1v) is 5.85. The van der Waals surface area contributed by atoms with Crippen LogP contribution in [0.15, 0.2) is 24.5 Å². The van der Waals surface area contributed by atoms with Crippen LogP contribution in [0.25, 0.3) is 11.0 Å². The van der Waals surface area contributed by atoms with Gasteiger partial charge in [-0.05, 0) is 23.6 Å². The van der Waals surface area contributed by atoms with Crippen molar-refractivity contribution in [1.29, 1.82) is 0 Å². The summed E-state index contributed by atoms with van der Waals surface area (Å²) in [6, 6.07) is 5.84. The molecule has 5 nitrogen and oxygen atoms in total. The molecule has 18 heavy (non-hydrogen) atoms. The van der Waals surface area contributed by atoms with Crippen LogP contribution in [0.1, 0.15) is 20.3 Å². The van der Waals surface area contributed by atoms with Gasteiger partial charge in [0.1, 0.15) is 0 Å². The Morgan fingerprint density at radius 2 is 2.28 bits per heavy atom. The van der Waals surface area contributed by atoms with Crippen molar-refractivity contribution in [3.05, 3.63) is 24.5 Å². The van der Waals surface area contributed by atoms with E-state index in [0.29, 0.717) is 6.54 Å². The van der Waals surface area contributed by atoms with Gasteiger partial charge in [-0.25, -0.2) is 4.98 Å². The highest BCUT2D eigenvalue weighted by atomic mass is 16.4. The zero-order valence-corrected chi connectivity index (χ0v) is 10.5. The number of fused-ring (bicyclic) bond motifs is 1. The number of hydrogen-bond acceptors (Lipinski definition) is 3. The second kappa shape index (κ2) is 4.68. The number of benzene rings is 1. The smallest absolute Gasteiger partial charge is 0.303 e. The van der Waals surface area contributed by atoms with Gasteiger partial charge < -0.3 is 15.4 Å². The van der Waals surface area contributed by atoms with E-state index in [2.05, 4.69) is 15.3 Å². The zero-order chi connectivity index (χ0) is 13.2. The second-order valence-electron chi connectivity index (χ2n) is 5.22. The summed E-state index contributed by atoms with van der Waals surface area (Å²) in [6.45, 7) is 4.48. The van der Waals surface area contributed by atoms with E-state index >= 15 is 0 Å². The number of aromatic nitrogens is 2. The van der Waals surface area contributed by atoms with Crippen molar-refractivity contribution in [1.82, 2.24) is 9.97 Å². The first-order chi connectivity index (χ1) is 8.46. The molecule has 2 rings (SSSR count). The van der Waals surface area contributed by atoms with Crippen molar-refractivity contribution in [3.63, 3.8) is 0 Å². The lowest BCUT2D eigenvalue weighted by Crippen LogP contribution is -2.26. The summed E-state index contributed by atoms with van der Waals surface area (Å²) in [6.07, 6.45) is 1.80. The van der Waals surface area contributed by atoms with E-state index in [-0.39, 0.29) is 11.8 Å². The number of rotatable bonds is 5. The van der Waals surface area contributed by atoms with Crippen LogP contribution in [0.5, 0.6) is 0 Å². The molecule has 96 valence electrons. The van der Waals surface area contributed by atoms with Crippen LogP contribution in [-0.2, 0) is 4.79 Å². The van der Waals surface area contributed by atoms with Crippen molar-refractivity contribution in [2.24, 2.45) is 5.41 Å². The Bertz CT molecular complexity index is 560. The van der Waals surface area contributed by atoms with Gasteiger partial charge >= 0.3 is 5.97 Å². The van der Waals surface area contributed by atoms with Gasteiger partial charge in [-0.15, -0.1) is 0 Å². The molecule has 0 atom stereocenters. The lowest BCUT2D eigenvalue weighted by molar-refractivity contribution is -0.139. The van der Waals surface area contributed by atoms with E-state index in [9.17, 15) is 4.79 Å². The lowest BCUT2D eigenvalue weighted by Gasteiger charge is -2.23. The number of aromatic amines is 1. The van der Waals surface area contributed by atoms with E-state index in [1.807, 2.05) is 32.0 Å². The van der Waals surface area contributed by atoms with Crippen LogP contribution in [0.2, 0.25) is 0 Å². The highest BCUT2D eigenvalue weighted by Gasteiger charge is 2.21. The van der Waals surface area contributed by atoms with Gasteiger partial charge in [-0.3, -0.25) is 4.79 Å². The van der Waals surface area contributed by atoms with Crippen LogP contribution in [0.4, 0.5) is 5.69 Å². The Labute approximate surface area is 105 Å². The maximum absolute atomic E-state index is 10.7. The Balaban J connectivity index is 2.03. The van der Waals surface area contributed by atoms with E-state index in [1.54, 1.807) is 6.33 Å². The number of nitrogens with one attached hydrogen (secondary N) is 2. The minimum absolute atomic E-state index is 0.145. The fourth-order valence-corrected chi connectivity index (χ4v) is 1.86. The molecule has 0 aliphatic carbocycles. The topological polar surface area (TPSA) is 78.0 Å². The number of aliphatic carboxylic acids is 1. The predicted molar refractivity (Wildman–Crippen MR) is 70.6 cm³/mol. The Hall–Kier alpha value is -2.04. The number of imidazole rings is 1. The third-order valence-corrected chi connectivity index (χ3v) is 2.82. The van der Waals surface area contributed by atoms with Crippen LogP contribution in [0.3, 0.4) is 0 Å². The summed E-state index contributed by atoms with van der Waals surface area (Å²) in [4.78, 5) is 17.9. The van der Waals surface area contributed by atoms with Gasteiger partial charge in [0.25, 0.3) is 0 Å². The zero-order valence-electron chi connectivity index (χ0n) is 10.5. The van der Waals surface area contributed by atoms with Crippen LogP contribution in [-0.4, -0.2) is 27.6 Å². The summed E-state index contributed by atoms with van der Waals surface area (Å²) in [5.41, 5.74) is 2.57. The third-order valence-electron chi connectivity index (χ3n) is 2.82. The molecule has 0 spiro atoms. The normalized spacial score (nSPS) is 11.7. The molecular formula is C13H17N3O2. The quantitative estimate of drug-likeness (QED) is 0.758. The molecule has 3 N–H and O–H groups in total.